The fourth-order valence-corrected chi connectivity index (χ4v) is 1.98. The second kappa shape index (κ2) is 6.82. The molecule has 82 valence electrons. The summed E-state index contributed by atoms with van der Waals surface area (Å²) in [6.07, 6.45) is 7.27. The van der Waals surface area contributed by atoms with Crippen molar-refractivity contribution in [2.45, 2.75) is 51.5 Å². The molecule has 1 aliphatic rings. The van der Waals surface area contributed by atoms with Crippen LogP contribution >= 0.6 is 0 Å². The highest BCUT2D eigenvalue weighted by atomic mass is 16.1. The van der Waals surface area contributed by atoms with Crippen molar-refractivity contribution in [3.63, 3.8) is 0 Å². The molecule has 0 radical (unpaired) electrons. The Balaban J connectivity index is 1.99. The maximum absolute atomic E-state index is 11.1. The van der Waals surface area contributed by atoms with E-state index in [1.54, 1.807) is 0 Å². The van der Waals surface area contributed by atoms with Gasteiger partial charge in [0, 0.05) is 25.6 Å². The van der Waals surface area contributed by atoms with E-state index in [0.29, 0.717) is 12.5 Å². The molecule has 0 aromatic rings. The van der Waals surface area contributed by atoms with Gasteiger partial charge in [-0.15, -0.1) is 0 Å². The highest BCUT2D eigenvalue weighted by Gasteiger charge is 2.12. The van der Waals surface area contributed by atoms with Crippen LogP contribution in [0.2, 0.25) is 0 Å². The van der Waals surface area contributed by atoms with Crippen molar-refractivity contribution < 1.29 is 4.79 Å². The zero-order chi connectivity index (χ0) is 10.2. The Kier molecular flexibility index (Phi) is 5.60. The van der Waals surface area contributed by atoms with E-state index in [1.807, 2.05) is 6.92 Å². The predicted octanol–water partition coefficient (Wildman–Crippen LogP) is 1.43. The number of carbonyl (C=O) groups is 1. The summed E-state index contributed by atoms with van der Waals surface area (Å²) in [5.74, 6) is 0.163. The lowest BCUT2D eigenvalue weighted by Gasteiger charge is -2.22. The van der Waals surface area contributed by atoms with Crippen LogP contribution in [0.5, 0.6) is 0 Å². The standard InChI is InChI=1S/C11H22N2O/c1-2-12-11(14)8-9-13-10-6-4-3-5-7-10/h10,13H,2-9H2,1H3,(H,12,14). The van der Waals surface area contributed by atoms with Crippen molar-refractivity contribution >= 4 is 5.91 Å². The second-order valence-electron chi connectivity index (χ2n) is 3.99. The highest BCUT2D eigenvalue weighted by Crippen LogP contribution is 2.16. The van der Waals surface area contributed by atoms with Crippen molar-refractivity contribution in [1.29, 1.82) is 0 Å². The van der Waals surface area contributed by atoms with Crippen LogP contribution in [0.4, 0.5) is 0 Å². The van der Waals surface area contributed by atoms with Crippen LogP contribution in [0, 0.1) is 0 Å². The molecule has 1 saturated carbocycles. The third-order valence-corrected chi connectivity index (χ3v) is 2.76. The highest BCUT2D eigenvalue weighted by molar-refractivity contribution is 5.75. The lowest BCUT2D eigenvalue weighted by molar-refractivity contribution is -0.120. The van der Waals surface area contributed by atoms with Gasteiger partial charge >= 0.3 is 0 Å². The lowest BCUT2D eigenvalue weighted by atomic mass is 9.95. The van der Waals surface area contributed by atoms with Gasteiger partial charge in [0.25, 0.3) is 0 Å². The molecule has 0 bridgehead atoms. The molecule has 0 aromatic carbocycles. The van der Waals surface area contributed by atoms with Crippen LogP contribution in [-0.4, -0.2) is 25.0 Å². The Morgan fingerprint density at radius 2 is 2.00 bits per heavy atom. The van der Waals surface area contributed by atoms with E-state index < -0.39 is 0 Å². The van der Waals surface area contributed by atoms with Gasteiger partial charge in [-0.3, -0.25) is 4.79 Å². The molecule has 2 N–H and O–H groups in total. The molecular weight excluding hydrogens is 176 g/mol. The van der Waals surface area contributed by atoms with Crippen LogP contribution in [0.3, 0.4) is 0 Å². The molecule has 0 atom stereocenters. The monoisotopic (exact) mass is 198 g/mol. The number of rotatable bonds is 5. The molecule has 0 heterocycles. The first-order chi connectivity index (χ1) is 6.83. The lowest BCUT2D eigenvalue weighted by Crippen LogP contribution is -2.34. The van der Waals surface area contributed by atoms with Crippen LogP contribution in [-0.2, 0) is 4.79 Å². The van der Waals surface area contributed by atoms with E-state index in [9.17, 15) is 4.79 Å². The van der Waals surface area contributed by atoms with Gasteiger partial charge in [0.05, 0.1) is 0 Å². The summed E-state index contributed by atoms with van der Waals surface area (Å²) in [6.45, 7) is 3.52. The third-order valence-electron chi connectivity index (χ3n) is 2.76. The topological polar surface area (TPSA) is 41.1 Å². The first kappa shape index (κ1) is 11.5. The molecule has 0 aromatic heterocycles. The molecular formula is C11H22N2O. The van der Waals surface area contributed by atoms with Crippen molar-refractivity contribution in [1.82, 2.24) is 10.6 Å². The fraction of sp³-hybridized carbons (Fsp3) is 0.909. The first-order valence-electron chi connectivity index (χ1n) is 5.83. The van der Waals surface area contributed by atoms with Crippen LogP contribution in [0.1, 0.15) is 45.4 Å². The van der Waals surface area contributed by atoms with Gasteiger partial charge in [-0.1, -0.05) is 19.3 Å². The molecule has 0 spiro atoms. The summed E-state index contributed by atoms with van der Waals surface area (Å²) in [5.41, 5.74) is 0. The van der Waals surface area contributed by atoms with Crippen molar-refractivity contribution in [2.75, 3.05) is 13.1 Å². The Bertz CT molecular complexity index is 165. The molecule has 1 fully saturated rings. The summed E-state index contributed by atoms with van der Waals surface area (Å²) in [5, 5.41) is 6.25. The van der Waals surface area contributed by atoms with Gasteiger partial charge in [0.2, 0.25) is 5.91 Å². The van der Waals surface area contributed by atoms with Crippen molar-refractivity contribution in [2.24, 2.45) is 0 Å². The van der Waals surface area contributed by atoms with Gasteiger partial charge in [0.15, 0.2) is 0 Å². The quantitative estimate of drug-likeness (QED) is 0.701. The van der Waals surface area contributed by atoms with E-state index in [2.05, 4.69) is 10.6 Å². The Labute approximate surface area is 86.6 Å². The average Bonchev–Trinajstić information content (AvgIpc) is 2.20. The normalized spacial score (nSPS) is 18.1. The SMILES string of the molecule is CCNC(=O)CCNC1CCCCC1. The number of amides is 1. The van der Waals surface area contributed by atoms with Crippen molar-refractivity contribution in [3.05, 3.63) is 0 Å². The Morgan fingerprint density at radius 1 is 1.29 bits per heavy atom. The molecule has 0 unspecified atom stereocenters. The van der Waals surface area contributed by atoms with E-state index in [-0.39, 0.29) is 5.91 Å². The smallest absolute Gasteiger partial charge is 0.221 e. The fourth-order valence-electron chi connectivity index (χ4n) is 1.98. The molecule has 1 amide bonds. The van der Waals surface area contributed by atoms with Crippen LogP contribution in [0.25, 0.3) is 0 Å². The summed E-state index contributed by atoms with van der Waals surface area (Å²) in [7, 11) is 0. The van der Waals surface area contributed by atoms with Crippen LogP contribution in [0.15, 0.2) is 0 Å². The number of hydrogen-bond donors (Lipinski definition) is 2. The molecule has 14 heavy (non-hydrogen) atoms. The van der Waals surface area contributed by atoms with E-state index >= 15 is 0 Å². The minimum absolute atomic E-state index is 0.163. The minimum atomic E-state index is 0.163. The zero-order valence-corrected chi connectivity index (χ0v) is 9.14. The number of nitrogens with one attached hydrogen (secondary N) is 2. The van der Waals surface area contributed by atoms with Crippen LogP contribution < -0.4 is 10.6 Å². The number of hydrogen-bond acceptors (Lipinski definition) is 2. The Hall–Kier alpha value is -0.570. The van der Waals surface area contributed by atoms with E-state index in [1.165, 1.54) is 32.1 Å². The molecule has 1 rings (SSSR count). The molecule has 1 aliphatic carbocycles. The van der Waals surface area contributed by atoms with Crippen molar-refractivity contribution in [3.8, 4) is 0 Å². The average molecular weight is 198 g/mol. The van der Waals surface area contributed by atoms with E-state index in [4.69, 9.17) is 0 Å². The molecule has 3 heteroatoms. The Morgan fingerprint density at radius 3 is 2.64 bits per heavy atom. The van der Waals surface area contributed by atoms with Gasteiger partial charge in [-0.05, 0) is 19.8 Å². The zero-order valence-electron chi connectivity index (χ0n) is 9.14. The summed E-state index contributed by atoms with van der Waals surface area (Å²) in [6, 6.07) is 0.665. The third kappa shape index (κ3) is 4.61. The van der Waals surface area contributed by atoms with Gasteiger partial charge in [-0.2, -0.15) is 0 Å². The minimum Gasteiger partial charge on any atom is -0.356 e. The summed E-state index contributed by atoms with van der Waals surface area (Å²) < 4.78 is 0. The van der Waals surface area contributed by atoms with Gasteiger partial charge in [0.1, 0.15) is 0 Å². The number of carbonyl (C=O) groups excluding carboxylic acids is 1. The molecule has 3 nitrogen and oxygen atoms in total. The largest absolute Gasteiger partial charge is 0.356 e. The maximum Gasteiger partial charge on any atom is 0.221 e. The predicted molar refractivity (Wildman–Crippen MR) is 58.2 cm³/mol. The van der Waals surface area contributed by atoms with Gasteiger partial charge < -0.3 is 10.6 Å². The first-order valence-corrected chi connectivity index (χ1v) is 5.83. The van der Waals surface area contributed by atoms with E-state index in [0.717, 1.165) is 13.1 Å². The second-order valence-corrected chi connectivity index (χ2v) is 3.99. The van der Waals surface area contributed by atoms with Gasteiger partial charge in [-0.25, -0.2) is 0 Å². The molecule has 0 saturated heterocycles. The maximum atomic E-state index is 11.1. The summed E-state index contributed by atoms with van der Waals surface area (Å²) >= 11 is 0. The summed E-state index contributed by atoms with van der Waals surface area (Å²) in [4.78, 5) is 11.1. The molecule has 0 aliphatic heterocycles.